The van der Waals surface area contributed by atoms with E-state index in [1.807, 2.05) is 12.1 Å². The van der Waals surface area contributed by atoms with Crippen molar-refractivity contribution in [1.29, 1.82) is 0 Å². The molecule has 0 amide bonds. The van der Waals surface area contributed by atoms with Gasteiger partial charge in [-0.15, -0.1) is 0 Å². The van der Waals surface area contributed by atoms with Gasteiger partial charge in [-0.25, -0.2) is 0 Å². The van der Waals surface area contributed by atoms with Crippen LogP contribution in [0.15, 0.2) is 24.3 Å². The molecule has 0 bridgehead atoms. The maximum Gasteiger partial charge on any atom is 0.119 e. The SMILES string of the molecule is Cc1ccc(OCCCN(C)C)cc1.[Y]. The van der Waals surface area contributed by atoms with Crippen LogP contribution < -0.4 is 4.74 Å². The largest absolute Gasteiger partial charge is 0.494 e. The molecule has 0 spiro atoms. The molecule has 0 aliphatic rings. The van der Waals surface area contributed by atoms with E-state index in [4.69, 9.17) is 4.74 Å². The molecule has 0 aliphatic heterocycles. The number of benzene rings is 1. The molecule has 0 fully saturated rings. The van der Waals surface area contributed by atoms with Crippen LogP contribution in [0.1, 0.15) is 12.0 Å². The molecule has 15 heavy (non-hydrogen) atoms. The van der Waals surface area contributed by atoms with Gasteiger partial charge in [0.2, 0.25) is 0 Å². The predicted octanol–water partition coefficient (Wildman–Crippen LogP) is 2.32. The maximum absolute atomic E-state index is 5.58. The average Bonchev–Trinajstić information content (AvgIpc) is 2.15. The Bertz CT molecular complexity index is 259. The summed E-state index contributed by atoms with van der Waals surface area (Å²) in [4.78, 5) is 2.17. The Morgan fingerprint density at radius 3 is 2.27 bits per heavy atom. The van der Waals surface area contributed by atoms with E-state index in [1.165, 1.54) is 5.56 Å². The topological polar surface area (TPSA) is 12.5 Å². The van der Waals surface area contributed by atoms with Crippen LogP contribution in [0.25, 0.3) is 0 Å². The van der Waals surface area contributed by atoms with Crippen LogP contribution in [0.4, 0.5) is 0 Å². The number of rotatable bonds is 5. The van der Waals surface area contributed by atoms with Crippen LogP contribution in [-0.4, -0.2) is 32.1 Å². The molecule has 1 radical (unpaired) electrons. The Hall–Kier alpha value is 0.0839. The summed E-state index contributed by atoms with van der Waals surface area (Å²) in [5.41, 5.74) is 1.27. The summed E-state index contributed by atoms with van der Waals surface area (Å²) in [7, 11) is 4.15. The second kappa shape index (κ2) is 8.26. The zero-order valence-corrected chi connectivity index (χ0v) is 12.7. The minimum atomic E-state index is 0. The first kappa shape index (κ1) is 15.1. The van der Waals surface area contributed by atoms with Crippen LogP contribution in [0.3, 0.4) is 0 Å². The first-order valence-corrected chi connectivity index (χ1v) is 5.02. The number of ether oxygens (including phenoxy) is 1. The maximum atomic E-state index is 5.58. The Kier molecular flexibility index (Phi) is 8.31. The second-order valence-electron chi connectivity index (χ2n) is 3.82. The third kappa shape index (κ3) is 7.05. The van der Waals surface area contributed by atoms with Crippen LogP contribution in [0, 0.1) is 6.92 Å². The Morgan fingerprint density at radius 1 is 1.13 bits per heavy atom. The smallest absolute Gasteiger partial charge is 0.119 e. The molecule has 1 aromatic carbocycles. The molecule has 81 valence electrons. The molecule has 1 rings (SSSR count). The van der Waals surface area contributed by atoms with Gasteiger partial charge in [-0.05, 0) is 39.6 Å². The number of hydrogen-bond donors (Lipinski definition) is 0. The van der Waals surface area contributed by atoms with E-state index < -0.39 is 0 Å². The van der Waals surface area contributed by atoms with Gasteiger partial charge in [0.1, 0.15) is 5.75 Å². The first-order chi connectivity index (χ1) is 6.68. The molecule has 0 aliphatic carbocycles. The molecular formula is C12H19NOY. The van der Waals surface area contributed by atoms with E-state index >= 15 is 0 Å². The van der Waals surface area contributed by atoms with E-state index in [-0.39, 0.29) is 32.7 Å². The normalized spacial score (nSPS) is 9.87. The quantitative estimate of drug-likeness (QED) is 0.769. The number of aryl methyl sites for hydroxylation is 1. The molecule has 1 aromatic rings. The molecule has 0 heterocycles. The Balaban J connectivity index is 0.00000196. The van der Waals surface area contributed by atoms with Gasteiger partial charge in [-0.3, -0.25) is 0 Å². The van der Waals surface area contributed by atoms with Gasteiger partial charge >= 0.3 is 0 Å². The Morgan fingerprint density at radius 2 is 1.73 bits per heavy atom. The third-order valence-electron chi connectivity index (χ3n) is 2.04. The third-order valence-corrected chi connectivity index (χ3v) is 2.04. The number of nitrogens with zero attached hydrogens (tertiary/aromatic N) is 1. The second-order valence-corrected chi connectivity index (χ2v) is 3.82. The summed E-state index contributed by atoms with van der Waals surface area (Å²) in [6.07, 6.45) is 1.07. The van der Waals surface area contributed by atoms with E-state index in [1.54, 1.807) is 0 Å². The summed E-state index contributed by atoms with van der Waals surface area (Å²) in [6.45, 7) is 3.95. The van der Waals surface area contributed by atoms with Crippen molar-refractivity contribution in [3.05, 3.63) is 29.8 Å². The van der Waals surface area contributed by atoms with Crippen LogP contribution in [0.5, 0.6) is 5.75 Å². The molecule has 3 heteroatoms. The summed E-state index contributed by atoms with van der Waals surface area (Å²) < 4.78 is 5.58. The molecule has 0 aromatic heterocycles. The van der Waals surface area contributed by atoms with Gasteiger partial charge in [0, 0.05) is 39.3 Å². The summed E-state index contributed by atoms with van der Waals surface area (Å²) >= 11 is 0. The van der Waals surface area contributed by atoms with Crippen molar-refractivity contribution in [2.45, 2.75) is 13.3 Å². The number of hydrogen-bond acceptors (Lipinski definition) is 2. The van der Waals surface area contributed by atoms with Crippen LogP contribution in [-0.2, 0) is 32.7 Å². The molecule has 0 atom stereocenters. The average molecular weight is 282 g/mol. The van der Waals surface area contributed by atoms with Crippen LogP contribution in [0.2, 0.25) is 0 Å². The van der Waals surface area contributed by atoms with Gasteiger partial charge in [0.15, 0.2) is 0 Å². The fraction of sp³-hybridized carbons (Fsp3) is 0.500. The van der Waals surface area contributed by atoms with E-state index in [0.717, 1.165) is 25.3 Å². The van der Waals surface area contributed by atoms with Crippen molar-refractivity contribution in [2.75, 3.05) is 27.2 Å². The van der Waals surface area contributed by atoms with Crippen molar-refractivity contribution >= 4 is 0 Å². The molecule has 2 nitrogen and oxygen atoms in total. The van der Waals surface area contributed by atoms with Gasteiger partial charge in [0.25, 0.3) is 0 Å². The van der Waals surface area contributed by atoms with Crippen molar-refractivity contribution in [2.24, 2.45) is 0 Å². The molecule has 0 unspecified atom stereocenters. The Labute approximate surface area is 118 Å². The van der Waals surface area contributed by atoms with E-state index in [9.17, 15) is 0 Å². The fourth-order valence-electron chi connectivity index (χ4n) is 1.21. The first-order valence-electron chi connectivity index (χ1n) is 5.02. The van der Waals surface area contributed by atoms with Crippen molar-refractivity contribution < 1.29 is 37.4 Å². The summed E-state index contributed by atoms with van der Waals surface area (Å²) in [6, 6.07) is 8.18. The van der Waals surface area contributed by atoms with Crippen molar-refractivity contribution in [1.82, 2.24) is 4.90 Å². The fourth-order valence-corrected chi connectivity index (χ4v) is 1.21. The van der Waals surface area contributed by atoms with Gasteiger partial charge in [-0.1, -0.05) is 17.7 Å². The van der Waals surface area contributed by atoms with Gasteiger partial charge in [0.05, 0.1) is 6.61 Å². The van der Waals surface area contributed by atoms with E-state index in [0.29, 0.717) is 0 Å². The minimum Gasteiger partial charge on any atom is -0.494 e. The molecular weight excluding hydrogens is 263 g/mol. The minimum absolute atomic E-state index is 0. The standard InChI is InChI=1S/C12H19NO.Y/c1-11-5-7-12(8-6-11)14-10-4-9-13(2)3;/h5-8H,4,9-10H2,1-3H3;. The molecule has 0 saturated heterocycles. The summed E-state index contributed by atoms with van der Waals surface area (Å²) in [5, 5.41) is 0. The van der Waals surface area contributed by atoms with Crippen molar-refractivity contribution in [3.8, 4) is 5.75 Å². The van der Waals surface area contributed by atoms with Gasteiger partial charge in [-0.2, -0.15) is 0 Å². The molecule has 0 saturated carbocycles. The summed E-state index contributed by atoms with van der Waals surface area (Å²) in [5.74, 6) is 0.967. The van der Waals surface area contributed by atoms with Crippen LogP contribution >= 0.6 is 0 Å². The zero-order chi connectivity index (χ0) is 10.4. The molecule has 0 N–H and O–H groups in total. The van der Waals surface area contributed by atoms with Crippen molar-refractivity contribution in [3.63, 3.8) is 0 Å². The van der Waals surface area contributed by atoms with E-state index in [2.05, 4.69) is 38.1 Å². The van der Waals surface area contributed by atoms with Gasteiger partial charge < -0.3 is 9.64 Å². The predicted molar refractivity (Wildman–Crippen MR) is 59.8 cm³/mol. The monoisotopic (exact) mass is 282 g/mol. The zero-order valence-electron chi connectivity index (χ0n) is 9.86.